The van der Waals surface area contributed by atoms with E-state index < -0.39 is 0 Å². The van der Waals surface area contributed by atoms with Crippen molar-refractivity contribution in [1.29, 1.82) is 0 Å². The molecule has 1 aliphatic rings. The van der Waals surface area contributed by atoms with Gasteiger partial charge in [-0.15, -0.1) is 0 Å². The third-order valence-electron chi connectivity index (χ3n) is 4.32. The zero-order valence-corrected chi connectivity index (χ0v) is 15.0. The van der Waals surface area contributed by atoms with Gasteiger partial charge in [-0.3, -0.25) is 4.79 Å². The normalized spacial score (nSPS) is 13.8. The molecule has 0 unspecified atom stereocenters. The van der Waals surface area contributed by atoms with Gasteiger partial charge >= 0.3 is 0 Å². The van der Waals surface area contributed by atoms with Crippen molar-refractivity contribution in [2.24, 2.45) is 0 Å². The van der Waals surface area contributed by atoms with Crippen LogP contribution in [-0.2, 0) is 17.8 Å². The van der Waals surface area contributed by atoms with E-state index in [2.05, 4.69) is 22.8 Å². The highest BCUT2D eigenvalue weighted by Gasteiger charge is 2.21. The monoisotopic (exact) mass is 353 g/mol. The number of hydrogen-bond donors (Lipinski definition) is 2. The highest BCUT2D eigenvalue weighted by molar-refractivity contribution is 7.80. The molecule has 1 heterocycles. The Balaban J connectivity index is 1.40. The molecule has 0 bridgehead atoms. The van der Waals surface area contributed by atoms with E-state index in [9.17, 15) is 4.79 Å². The topological polar surface area (TPSA) is 44.4 Å². The molecule has 2 N–H and O–H groups in total. The standard InChI is InChI=1S/C20H23N3OS/c24-19-7-4-14-23(19)18-10-8-17(9-11-18)15-22-20(25)21-13-12-16-5-2-1-3-6-16/h1-3,5-6,8-11H,4,7,12-15H2,(H2,21,22,25). The number of nitrogens with one attached hydrogen (secondary N) is 2. The van der Waals surface area contributed by atoms with E-state index in [1.807, 2.05) is 47.4 Å². The molecule has 1 fully saturated rings. The second kappa shape index (κ2) is 8.62. The summed E-state index contributed by atoms with van der Waals surface area (Å²) in [5.74, 6) is 0.217. The zero-order chi connectivity index (χ0) is 17.5. The Bertz CT molecular complexity index is 715. The molecule has 1 amide bonds. The fourth-order valence-electron chi connectivity index (χ4n) is 2.92. The number of nitrogens with zero attached hydrogens (tertiary/aromatic N) is 1. The van der Waals surface area contributed by atoms with Crippen LogP contribution in [0.15, 0.2) is 54.6 Å². The van der Waals surface area contributed by atoms with E-state index >= 15 is 0 Å². The van der Waals surface area contributed by atoms with Crippen LogP contribution < -0.4 is 15.5 Å². The maximum absolute atomic E-state index is 11.8. The number of carbonyl (C=O) groups is 1. The van der Waals surface area contributed by atoms with Crippen LogP contribution in [0.4, 0.5) is 5.69 Å². The molecule has 0 aromatic heterocycles. The number of benzene rings is 2. The lowest BCUT2D eigenvalue weighted by Crippen LogP contribution is -2.35. The van der Waals surface area contributed by atoms with Crippen molar-refractivity contribution in [3.8, 4) is 0 Å². The predicted molar refractivity (Wildman–Crippen MR) is 106 cm³/mol. The summed E-state index contributed by atoms with van der Waals surface area (Å²) in [6, 6.07) is 18.4. The van der Waals surface area contributed by atoms with Gasteiger partial charge in [0, 0.05) is 31.7 Å². The molecule has 5 heteroatoms. The molecule has 0 saturated carbocycles. The summed E-state index contributed by atoms with van der Waals surface area (Å²) < 4.78 is 0. The molecule has 0 spiro atoms. The molecule has 2 aromatic carbocycles. The van der Waals surface area contributed by atoms with Gasteiger partial charge in [0.25, 0.3) is 0 Å². The van der Waals surface area contributed by atoms with Crippen LogP contribution in [0.5, 0.6) is 0 Å². The molecule has 4 nitrogen and oxygen atoms in total. The van der Waals surface area contributed by atoms with Gasteiger partial charge in [0.1, 0.15) is 0 Å². The van der Waals surface area contributed by atoms with Gasteiger partial charge in [-0.05, 0) is 48.3 Å². The SMILES string of the molecule is O=C1CCCN1c1ccc(CNC(=S)NCCc2ccccc2)cc1. The molecule has 0 aliphatic carbocycles. The first-order chi connectivity index (χ1) is 12.2. The summed E-state index contributed by atoms with van der Waals surface area (Å²) in [4.78, 5) is 13.6. The summed E-state index contributed by atoms with van der Waals surface area (Å²) >= 11 is 5.32. The third-order valence-corrected chi connectivity index (χ3v) is 4.61. The molecule has 1 saturated heterocycles. The van der Waals surface area contributed by atoms with Crippen molar-refractivity contribution in [3.05, 3.63) is 65.7 Å². The summed E-state index contributed by atoms with van der Waals surface area (Å²) in [5.41, 5.74) is 3.42. The first-order valence-corrected chi connectivity index (χ1v) is 9.08. The van der Waals surface area contributed by atoms with Gasteiger partial charge in [-0.2, -0.15) is 0 Å². The van der Waals surface area contributed by atoms with Crippen LogP contribution in [0.3, 0.4) is 0 Å². The van der Waals surface area contributed by atoms with Crippen molar-refractivity contribution in [3.63, 3.8) is 0 Å². The molecule has 2 aromatic rings. The Hall–Kier alpha value is -2.40. The molecule has 3 rings (SSSR count). The van der Waals surface area contributed by atoms with Crippen LogP contribution in [0, 0.1) is 0 Å². The Morgan fingerprint density at radius 2 is 1.76 bits per heavy atom. The number of rotatable bonds is 6. The maximum Gasteiger partial charge on any atom is 0.227 e. The largest absolute Gasteiger partial charge is 0.362 e. The van der Waals surface area contributed by atoms with Crippen LogP contribution >= 0.6 is 12.2 Å². The zero-order valence-electron chi connectivity index (χ0n) is 14.2. The fraction of sp³-hybridized carbons (Fsp3) is 0.300. The number of hydrogen-bond acceptors (Lipinski definition) is 2. The average molecular weight is 353 g/mol. The minimum Gasteiger partial charge on any atom is -0.362 e. The Morgan fingerprint density at radius 3 is 2.44 bits per heavy atom. The van der Waals surface area contributed by atoms with E-state index in [1.54, 1.807) is 0 Å². The molecule has 1 aliphatic heterocycles. The number of anilines is 1. The quantitative estimate of drug-likeness (QED) is 0.784. The van der Waals surface area contributed by atoms with Crippen molar-refractivity contribution in [1.82, 2.24) is 10.6 Å². The van der Waals surface area contributed by atoms with Crippen LogP contribution in [0.25, 0.3) is 0 Å². The van der Waals surface area contributed by atoms with Gasteiger partial charge < -0.3 is 15.5 Å². The van der Waals surface area contributed by atoms with Crippen molar-refractivity contribution in [2.75, 3.05) is 18.0 Å². The molecule has 0 atom stereocenters. The molecule has 130 valence electrons. The van der Waals surface area contributed by atoms with Crippen molar-refractivity contribution in [2.45, 2.75) is 25.8 Å². The highest BCUT2D eigenvalue weighted by atomic mass is 32.1. The number of thiocarbonyl (C=S) groups is 1. The molecular formula is C20H23N3OS. The summed E-state index contributed by atoms with van der Waals surface area (Å²) in [6.07, 6.45) is 2.55. The van der Waals surface area contributed by atoms with Gasteiger partial charge in [-0.1, -0.05) is 42.5 Å². The van der Waals surface area contributed by atoms with E-state index in [-0.39, 0.29) is 5.91 Å². The fourth-order valence-corrected chi connectivity index (χ4v) is 3.10. The van der Waals surface area contributed by atoms with Crippen LogP contribution in [-0.4, -0.2) is 24.1 Å². The van der Waals surface area contributed by atoms with Crippen molar-refractivity contribution < 1.29 is 4.79 Å². The van der Waals surface area contributed by atoms with Gasteiger partial charge in [0.05, 0.1) is 0 Å². The lowest BCUT2D eigenvalue weighted by Gasteiger charge is -2.16. The molecule has 25 heavy (non-hydrogen) atoms. The average Bonchev–Trinajstić information content (AvgIpc) is 3.07. The van der Waals surface area contributed by atoms with Gasteiger partial charge in [0.15, 0.2) is 5.11 Å². The maximum atomic E-state index is 11.8. The number of amides is 1. The summed E-state index contributed by atoms with van der Waals surface area (Å²) in [7, 11) is 0. The molecule has 0 radical (unpaired) electrons. The first kappa shape index (κ1) is 17.4. The minimum absolute atomic E-state index is 0.217. The smallest absolute Gasteiger partial charge is 0.227 e. The van der Waals surface area contributed by atoms with Crippen LogP contribution in [0.2, 0.25) is 0 Å². The van der Waals surface area contributed by atoms with E-state index in [0.717, 1.165) is 37.2 Å². The Labute approximate surface area is 154 Å². The number of carbonyl (C=O) groups excluding carboxylic acids is 1. The van der Waals surface area contributed by atoms with Crippen LogP contribution in [0.1, 0.15) is 24.0 Å². The first-order valence-electron chi connectivity index (χ1n) is 8.67. The lowest BCUT2D eigenvalue weighted by atomic mass is 10.1. The summed E-state index contributed by atoms with van der Waals surface area (Å²) in [6.45, 7) is 2.31. The Morgan fingerprint density at radius 1 is 1.00 bits per heavy atom. The Kier molecular flexibility index (Phi) is 6.01. The van der Waals surface area contributed by atoms with E-state index in [4.69, 9.17) is 12.2 Å². The van der Waals surface area contributed by atoms with Gasteiger partial charge in [-0.25, -0.2) is 0 Å². The lowest BCUT2D eigenvalue weighted by molar-refractivity contribution is -0.117. The minimum atomic E-state index is 0.217. The van der Waals surface area contributed by atoms with Crippen molar-refractivity contribution >= 4 is 28.9 Å². The molecular weight excluding hydrogens is 330 g/mol. The van der Waals surface area contributed by atoms with E-state index in [1.165, 1.54) is 5.56 Å². The third kappa shape index (κ3) is 5.03. The van der Waals surface area contributed by atoms with Gasteiger partial charge in [0.2, 0.25) is 5.91 Å². The second-order valence-corrected chi connectivity index (χ2v) is 6.57. The summed E-state index contributed by atoms with van der Waals surface area (Å²) in [5, 5.41) is 7.12. The highest BCUT2D eigenvalue weighted by Crippen LogP contribution is 2.21. The van der Waals surface area contributed by atoms with E-state index in [0.29, 0.717) is 18.1 Å². The second-order valence-electron chi connectivity index (χ2n) is 6.16. The predicted octanol–water partition coefficient (Wildman–Crippen LogP) is 3.02.